The van der Waals surface area contributed by atoms with Crippen LogP contribution >= 0.6 is 0 Å². The number of aliphatic hydroxyl groups excluding tert-OH is 2. The van der Waals surface area contributed by atoms with Crippen LogP contribution in [0.2, 0.25) is 0 Å². The molecule has 2 aromatic carbocycles. The predicted molar refractivity (Wildman–Crippen MR) is 238 cm³/mol. The third-order valence-electron chi connectivity index (χ3n) is 11.0. The summed E-state index contributed by atoms with van der Waals surface area (Å²) in [6, 6.07) is 20.7. The topological polar surface area (TPSA) is 139 Å². The molecule has 0 spiro atoms. The van der Waals surface area contributed by atoms with Crippen LogP contribution in [0.4, 0.5) is 0 Å². The summed E-state index contributed by atoms with van der Waals surface area (Å²) in [5.74, 6) is -2.73. The van der Waals surface area contributed by atoms with E-state index in [0.29, 0.717) is 25.4 Å². The Morgan fingerprint density at radius 2 is 0.695 bits per heavy atom. The molecule has 0 bridgehead atoms. The van der Waals surface area contributed by atoms with Gasteiger partial charge in [0.15, 0.2) is 0 Å². The van der Waals surface area contributed by atoms with E-state index >= 15 is 0 Å². The number of unbranched alkanes of at least 4 members (excludes halogenated alkanes) is 18. The van der Waals surface area contributed by atoms with Gasteiger partial charge in [0, 0.05) is 0 Å². The molecule has 0 saturated heterocycles. The number of carboxylic acids is 2. The van der Waals surface area contributed by atoms with Gasteiger partial charge in [-0.2, -0.15) is 0 Å². The Kier molecular flexibility index (Phi) is 41.2. The number of carbonyl (C=O) groups is 2. The molecule has 2 aromatic rings. The number of aliphatic hydroxyl groups is 2. The predicted octanol–water partition coefficient (Wildman–Crippen LogP) is 9.95. The van der Waals surface area contributed by atoms with E-state index in [1.807, 2.05) is 36.4 Å². The van der Waals surface area contributed by atoms with Crippen molar-refractivity contribution in [1.82, 2.24) is 0 Å². The Hall–Kier alpha value is -1.21. The molecule has 59 heavy (non-hydrogen) atoms. The number of carboxylic acid groups (broad SMARTS) is 2. The van der Waals surface area contributed by atoms with Crippen molar-refractivity contribution in [3.8, 4) is 0 Å². The molecule has 2 N–H and O–H groups in total. The van der Waals surface area contributed by atoms with Crippen molar-refractivity contribution in [3.05, 3.63) is 71.8 Å². The van der Waals surface area contributed by atoms with E-state index in [0.717, 1.165) is 77.0 Å². The molecule has 4 atom stereocenters. The first kappa shape index (κ1) is 57.8. The van der Waals surface area contributed by atoms with Crippen LogP contribution in [0.3, 0.4) is 0 Å². The van der Waals surface area contributed by atoms with Crippen molar-refractivity contribution in [3.63, 3.8) is 0 Å². The fraction of sp³-hybridized carbons (Fsp3) is 0.720. The third-order valence-corrected chi connectivity index (χ3v) is 11.0. The van der Waals surface area contributed by atoms with Crippen LogP contribution in [-0.4, -0.2) is 95.4 Å². The first-order chi connectivity index (χ1) is 28.3. The molecular weight excluding hydrogens is 866 g/mol. The van der Waals surface area contributed by atoms with Gasteiger partial charge in [-0.25, -0.2) is 0 Å². The fourth-order valence-corrected chi connectivity index (χ4v) is 7.22. The normalized spacial score (nSPS) is 13.1. The van der Waals surface area contributed by atoms with Crippen LogP contribution in [0.25, 0.3) is 0 Å². The molecule has 332 valence electrons. The monoisotopic (exact) mass is 949 g/mol. The Morgan fingerprint density at radius 1 is 0.441 bits per heavy atom. The molecule has 2 rings (SSSR count). The summed E-state index contributed by atoms with van der Waals surface area (Å²) in [5, 5.41) is 39.5. The first-order valence-corrected chi connectivity index (χ1v) is 23.4. The minimum atomic E-state index is -1.37. The van der Waals surface area contributed by atoms with E-state index < -0.39 is 24.1 Å². The molecule has 0 saturated carbocycles. The summed E-state index contributed by atoms with van der Waals surface area (Å²) in [6.07, 6.45) is 28.8. The summed E-state index contributed by atoms with van der Waals surface area (Å²) >= 11 is 0. The van der Waals surface area contributed by atoms with E-state index in [-0.39, 0.29) is 61.7 Å². The van der Waals surface area contributed by atoms with Crippen LogP contribution in [0.1, 0.15) is 205 Å². The van der Waals surface area contributed by atoms with Crippen LogP contribution in [0, 0.1) is 0 Å². The number of rotatable bonds is 38. The van der Waals surface area contributed by atoms with E-state index in [1.54, 1.807) is 0 Å². The van der Waals surface area contributed by atoms with Crippen LogP contribution in [0.15, 0.2) is 60.7 Å². The SMILES string of the molecule is CCCCCCCCCC(CCCCCCC(O)C(=O)[O-])OCc1ccccc1.CCCCCCCCCC(CCCCCCC(O)C(=O)[O-])OCc1ccccc1.[Ba+2]. The molecule has 0 fully saturated rings. The van der Waals surface area contributed by atoms with Gasteiger partial charge in [-0.15, -0.1) is 0 Å². The van der Waals surface area contributed by atoms with Gasteiger partial charge in [0.1, 0.15) is 0 Å². The second-order valence-electron chi connectivity index (χ2n) is 16.3. The van der Waals surface area contributed by atoms with Gasteiger partial charge in [-0.05, 0) is 49.7 Å². The van der Waals surface area contributed by atoms with Gasteiger partial charge in [0.25, 0.3) is 0 Å². The summed E-state index contributed by atoms with van der Waals surface area (Å²) in [6.45, 7) is 5.83. The van der Waals surface area contributed by atoms with Crippen molar-refractivity contribution >= 4 is 60.8 Å². The van der Waals surface area contributed by atoms with E-state index in [9.17, 15) is 30.0 Å². The Bertz CT molecular complexity index is 1110. The van der Waals surface area contributed by atoms with Gasteiger partial charge < -0.3 is 39.5 Å². The molecule has 0 aliphatic carbocycles. The van der Waals surface area contributed by atoms with Crippen LogP contribution in [0.5, 0.6) is 0 Å². The van der Waals surface area contributed by atoms with Gasteiger partial charge in [-0.3, -0.25) is 0 Å². The average Bonchev–Trinajstić information content (AvgIpc) is 3.23. The summed E-state index contributed by atoms with van der Waals surface area (Å²) < 4.78 is 12.4. The number of carbonyl (C=O) groups excluding carboxylic acids is 2. The smallest absolute Gasteiger partial charge is 0.547 e. The van der Waals surface area contributed by atoms with Gasteiger partial charge >= 0.3 is 48.9 Å². The van der Waals surface area contributed by atoms with Crippen molar-refractivity contribution < 1.29 is 39.5 Å². The molecule has 8 nitrogen and oxygen atoms in total. The average molecular weight is 949 g/mol. The molecule has 0 aliphatic heterocycles. The Morgan fingerprint density at radius 3 is 0.966 bits per heavy atom. The van der Waals surface area contributed by atoms with E-state index in [2.05, 4.69) is 38.1 Å². The molecule has 0 aliphatic rings. The van der Waals surface area contributed by atoms with Gasteiger partial charge in [0.05, 0.1) is 49.6 Å². The quantitative estimate of drug-likeness (QED) is 0.0501. The minimum Gasteiger partial charge on any atom is -0.547 e. The standard InChI is InChI=1S/2C25H42O4.Ba/c2*1-2-3-4-5-6-7-13-18-23(29-21-22-16-11-10-12-17-22)19-14-8-9-15-20-24(26)25(27)28;/h2*10-12,16-17,23-24,26H,2-9,13-15,18-21H2,1H3,(H,27,28);/q;;+2/p-2. The summed E-state index contributed by atoms with van der Waals surface area (Å²) in [4.78, 5) is 21.0. The second kappa shape index (κ2) is 42.1. The second-order valence-corrected chi connectivity index (χ2v) is 16.3. The van der Waals surface area contributed by atoms with E-state index in [1.165, 1.54) is 101 Å². The molecule has 0 radical (unpaired) electrons. The van der Waals surface area contributed by atoms with Crippen molar-refractivity contribution in [2.75, 3.05) is 0 Å². The minimum absolute atomic E-state index is 0. The Balaban J connectivity index is 0.00000112. The number of hydrogen-bond acceptors (Lipinski definition) is 8. The number of benzene rings is 2. The van der Waals surface area contributed by atoms with Gasteiger partial charge in [0.2, 0.25) is 0 Å². The molecular formula is C50H82BaO8. The maximum atomic E-state index is 10.5. The van der Waals surface area contributed by atoms with Crippen LogP contribution in [-0.2, 0) is 32.3 Å². The van der Waals surface area contributed by atoms with Crippen LogP contribution < -0.4 is 10.2 Å². The third kappa shape index (κ3) is 36.0. The molecule has 9 heteroatoms. The largest absolute Gasteiger partial charge is 2.00 e. The summed E-state index contributed by atoms with van der Waals surface area (Å²) in [7, 11) is 0. The zero-order valence-corrected chi connectivity index (χ0v) is 41.8. The first-order valence-electron chi connectivity index (χ1n) is 23.4. The van der Waals surface area contributed by atoms with Crippen molar-refractivity contribution in [1.29, 1.82) is 0 Å². The number of aliphatic carboxylic acids is 2. The molecule has 0 amide bonds. The van der Waals surface area contributed by atoms with Crippen molar-refractivity contribution in [2.45, 2.75) is 231 Å². The number of ether oxygens (including phenoxy) is 2. The maximum absolute atomic E-state index is 10.5. The molecule has 4 unspecified atom stereocenters. The van der Waals surface area contributed by atoms with E-state index in [4.69, 9.17) is 9.47 Å². The fourth-order valence-electron chi connectivity index (χ4n) is 7.22. The molecule has 0 heterocycles. The zero-order valence-electron chi connectivity index (χ0n) is 37.3. The zero-order chi connectivity index (χ0) is 42.3. The maximum Gasteiger partial charge on any atom is 2.00 e. The Labute approximate surface area is 400 Å². The summed E-state index contributed by atoms with van der Waals surface area (Å²) in [5.41, 5.74) is 2.43. The number of hydrogen-bond donors (Lipinski definition) is 2. The molecule has 0 aromatic heterocycles. The van der Waals surface area contributed by atoms with Crippen molar-refractivity contribution in [2.24, 2.45) is 0 Å². The van der Waals surface area contributed by atoms with Gasteiger partial charge in [-0.1, -0.05) is 216 Å².